The molecule has 3 rings (SSSR count). The van der Waals surface area contributed by atoms with E-state index in [2.05, 4.69) is 31.2 Å². The first kappa shape index (κ1) is 20.8. The van der Waals surface area contributed by atoms with Crippen LogP contribution in [0.25, 0.3) is 0 Å². The molecule has 28 heavy (non-hydrogen) atoms. The van der Waals surface area contributed by atoms with Crippen LogP contribution in [-0.2, 0) is 11.2 Å². The van der Waals surface area contributed by atoms with Crippen molar-refractivity contribution in [3.63, 3.8) is 0 Å². The maximum atomic E-state index is 11.8. The van der Waals surface area contributed by atoms with Gasteiger partial charge in [-0.2, -0.15) is 5.26 Å². The number of allylic oxidation sites excluding steroid dienone is 2. The van der Waals surface area contributed by atoms with Gasteiger partial charge in [0.15, 0.2) is 0 Å². The van der Waals surface area contributed by atoms with E-state index in [4.69, 9.17) is 5.26 Å². The van der Waals surface area contributed by atoms with E-state index in [-0.39, 0.29) is 5.41 Å². The number of nitriles is 1. The fraction of sp³-hybridized carbons (Fsp3) is 0.615. The van der Waals surface area contributed by atoms with E-state index in [1.807, 2.05) is 12.1 Å². The lowest BCUT2D eigenvalue weighted by Crippen LogP contribution is -2.32. The molecule has 2 fully saturated rings. The summed E-state index contributed by atoms with van der Waals surface area (Å²) in [6, 6.07) is 11.3. The molecule has 0 spiro atoms. The number of rotatable bonds is 7. The van der Waals surface area contributed by atoms with Crippen LogP contribution in [0, 0.1) is 28.6 Å². The number of nitrogens with zero attached hydrogens (tertiary/aromatic N) is 1. The van der Waals surface area contributed by atoms with E-state index < -0.39 is 0 Å². The number of aldehydes is 1. The van der Waals surface area contributed by atoms with Crippen LogP contribution in [0.2, 0.25) is 0 Å². The van der Waals surface area contributed by atoms with Gasteiger partial charge in [-0.25, -0.2) is 0 Å². The standard InChI is InChI=1S/C26H35NO/c1-2-21-6-8-22(9-7-21)23-10-12-24(13-11-23)25-14-17-26(20-28,18-15-25)16-4-3-5-19-27/h3,5-9,20,23-25H,2,4,10-18H2,1H3/t23-,24-,25-,26+. The SMILES string of the molecule is CCc1ccc([C@H]2CC[C@H]([C@H]3CC[C@](C=O)(CCC=CC#N)CC3)CC2)cc1. The Balaban J connectivity index is 1.47. The van der Waals surface area contributed by atoms with Gasteiger partial charge in [0.25, 0.3) is 0 Å². The van der Waals surface area contributed by atoms with Gasteiger partial charge in [0.1, 0.15) is 6.29 Å². The number of hydrogen-bond acceptors (Lipinski definition) is 2. The van der Waals surface area contributed by atoms with Crippen LogP contribution in [-0.4, -0.2) is 6.29 Å². The van der Waals surface area contributed by atoms with Gasteiger partial charge in [-0.05, 0) is 99.5 Å². The largest absolute Gasteiger partial charge is 0.303 e. The molecule has 0 saturated heterocycles. The molecule has 2 aliphatic carbocycles. The molecule has 0 heterocycles. The van der Waals surface area contributed by atoms with E-state index >= 15 is 0 Å². The van der Waals surface area contributed by atoms with Crippen molar-refractivity contribution in [2.75, 3.05) is 0 Å². The summed E-state index contributed by atoms with van der Waals surface area (Å²) in [6.45, 7) is 2.21. The summed E-state index contributed by atoms with van der Waals surface area (Å²) in [5, 5.41) is 8.61. The summed E-state index contributed by atoms with van der Waals surface area (Å²) in [4.78, 5) is 11.8. The lowest BCUT2D eigenvalue weighted by atomic mass is 9.63. The molecule has 0 atom stereocenters. The van der Waals surface area contributed by atoms with Crippen molar-refractivity contribution in [2.45, 2.75) is 83.5 Å². The summed E-state index contributed by atoms with van der Waals surface area (Å²) in [7, 11) is 0. The van der Waals surface area contributed by atoms with Crippen molar-refractivity contribution in [3.05, 3.63) is 47.5 Å². The van der Waals surface area contributed by atoms with Crippen molar-refractivity contribution < 1.29 is 4.79 Å². The number of carbonyl (C=O) groups excluding carboxylic acids is 1. The Morgan fingerprint density at radius 1 is 1.04 bits per heavy atom. The Labute approximate surface area is 171 Å². The average molecular weight is 378 g/mol. The molecule has 0 radical (unpaired) electrons. The second kappa shape index (κ2) is 10.1. The Morgan fingerprint density at radius 2 is 1.68 bits per heavy atom. The van der Waals surface area contributed by atoms with E-state index in [0.717, 1.165) is 49.9 Å². The molecule has 0 N–H and O–H groups in total. The van der Waals surface area contributed by atoms with Crippen LogP contribution in [0.15, 0.2) is 36.4 Å². The third-order valence-corrected chi connectivity index (χ3v) is 7.58. The van der Waals surface area contributed by atoms with Gasteiger partial charge in [-0.15, -0.1) is 0 Å². The van der Waals surface area contributed by atoms with Crippen LogP contribution in [0.5, 0.6) is 0 Å². The van der Waals surface area contributed by atoms with Gasteiger partial charge in [-0.3, -0.25) is 0 Å². The van der Waals surface area contributed by atoms with Crippen LogP contribution >= 0.6 is 0 Å². The van der Waals surface area contributed by atoms with Crippen molar-refractivity contribution in [1.82, 2.24) is 0 Å². The molecule has 2 heteroatoms. The van der Waals surface area contributed by atoms with Gasteiger partial charge in [0, 0.05) is 11.5 Å². The first-order valence-electron chi connectivity index (χ1n) is 11.3. The maximum absolute atomic E-state index is 11.8. The first-order chi connectivity index (χ1) is 13.7. The number of benzene rings is 1. The fourth-order valence-corrected chi connectivity index (χ4v) is 5.57. The average Bonchev–Trinajstić information content (AvgIpc) is 2.77. The minimum absolute atomic E-state index is 0.130. The Hall–Kier alpha value is -1.88. The molecule has 0 amide bonds. The first-order valence-corrected chi connectivity index (χ1v) is 11.3. The molecule has 0 aliphatic heterocycles. The molecule has 0 bridgehead atoms. The summed E-state index contributed by atoms with van der Waals surface area (Å²) in [6.07, 6.45) is 17.4. The van der Waals surface area contributed by atoms with Crippen molar-refractivity contribution in [1.29, 1.82) is 5.26 Å². The molecule has 1 aromatic carbocycles. The monoisotopic (exact) mass is 377 g/mol. The van der Waals surface area contributed by atoms with E-state index in [1.165, 1.54) is 55.9 Å². The minimum atomic E-state index is -0.130. The van der Waals surface area contributed by atoms with Crippen LogP contribution in [0.4, 0.5) is 0 Å². The van der Waals surface area contributed by atoms with Crippen molar-refractivity contribution >= 4 is 6.29 Å². The zero-order valence-corrected chi connectivity index (χ0v) is 17.4. The summed E-state index contributed by atoms with van der Waals surface area (Å²) in [5.74, 6) is 2.41. The van der Waals surface area contributed by atoms with Gasteiger partial charge in [0.05, 0.1) is 6.07 Å². The number of aryl methyl sites for hydroxylation is 1. The number of carbonyl (C=O) groups is 1. The van der Waals surface area contributed by atoms with Gasteiger partial charge >= 0.3 is 0 Å². The highest BCUT2D eigenvalue weighted by atomic mass is 16.1. The Bertz CT molecular complexity index is 680. The summed E-state index contributed by atoms with van der Waals surface area (Å²) < 4.78 is 0. The predicted octanol–water partition coefficient (Wildman–Crippen LogP) is 6.76. The lowest BCUT2D eigenvalue weighted by Gasteiger charge is -2.41. The van der Waals surface area contributed by atoms with Gasteiger partial charge in [-0.1, -0.05) is 37.3 Å². The van der Waals surface area contributed by atoms with Crippen LogP contribution in [0.1, 0.15) is 88.2 Å². The molecular formula is C26H35NO. The number of hydrogen-bond donors (Lipinski definition) is 0. The van der Waals surface area contributed by atoms with Crippen LogP contribution in [0.3, 0.4) is 0 Å². The minimum Gasteiger partial charge on any atom is -0.303 e. The maximum Gasteiger partial charge on any atom is 0.126 e. The normalized spacial score (nSPS) is 30.8. The molecule has 150 valence electrons. The Kier molecular flexibility index (Phi) is 7.49. The molecular weight excluding hydrogens is 342 g/mol. The molecule has 1 aromatic rings. The molecule has 0 aromatic heterocycles. The highest BCUT2D eigenvalue weighted by Crippen LogP contribution is 2.47. The van der Waals surface area contributed by atoms with Crippen molar-refractivity contribution in [3.8, 4) is 6.07 Å². The van der Waals surface area contributed by atoms with E-state index in [9.17, 15) is 4.79 Å². The highest BCUT2D eigenvalue weighted by molar-refractivity contribution is 5.59. The fourth-order valence-electron chi connectivity index (χ4n) is 5.57. The zero-order valence-electron chi connectivity index (χ0n) is 17.4. The molecule has 2 nitrogen and oxygen atoms in total. The zero-order chi connectivity index (χ0) is 19.8. The lowest BCUT2D eigenvalue weighted by molar-refractivity contribution is -0.119. The topological polar surface area (TPSA) is 40.9 Å². The third kappa shape index (κ3) is 5.13. The predicted molar refractivity (Wildman–Crippen MR) is 115 cm³/mol. The van der Waals surface area contributed by atoms with E-state index in [1.54, 1.807) is 6.08 Å². The molecule has 0 unspecified atom stereocenters. The van der Waals surface area contributed by atoms with Crippen LogP contribution < -0.4 is 0 Å². The molecule has 2 aliphatic rings. The van der Waals surface area contributed by atoms with Gasteiger partial charge < -0.3 is 4.79 Å². The molecule has 2 saturated carbocycles. The van der Waals surface area contributed by atoms with E-state index in [0.29, 0.717) is 0 Å². The quantitative estimate of drug-likeness (QED) is 0.389. The Morgan fingerprint density at radius 3 is 2.25 bits per heavy atom. The summed E-state index contributed by atoms with van der Waals surface area (Å²) in [5.41, 5.74) is 2.83. The third-order valence-electron chi connectivity index (χ3n) is 7.58. The smallest absolute Gasteiger partial charge is 0.126 e. The van der Waals surface area contributed by atoms with Gasteiger partial charge in [0.2, 0.25) is 0 Å². The second-order valence-corrected chi connectivity index (χ2v) is 9.09. The second-order valence-electron chi connectivity index (χ2n) is 9.09. The highest BCUT2D eigenvalue weighted by Gasteiger charge is 2.38. The van der Waals surface area contributed by atoms with Crippen molar-refractivity contribution in [2.24, 2.45) is 17.3 Å². The summed E-state index contributed by atoms with van der Waals surface area (Å²) >= 11 is 0.